The molecule has 0 amide bonds. The van der Waals surface area contributed by atoms with Gasteiger partial charge in [0.25, 0.3) is 0 Å². The highest BCUT2D eigenvalue weighted by atomic mass is 79.9. The molecule has 94 valence electrons. The number of nitrogens with zero attached hydrogens (tertiary/aromatic N) is 2. The van der Waals surface area contributed by atoms with Gasteiger partial charge in [0.1, 0.15) is 5.82 Å². The third kappa shape index (κ3) is 2.84. The smallest absolute Gasteiger partial charge is 0.161 e. The first-order valence-electron chi connectivity index (χ1n) is 5.64. The Bertz CT molecular complexity index is 532. The number of hydrogen-bond acceptors (Lipinski definition) is 4. The Morgan fingerprint density at radius 3 is 2.44 bits per heavy atom. The van der Waals surface area contributed by atoms with Crippen molar-refractivity contribution in [3.05, 3.63) is 34.4 Å². The Hall–Kier alpha value is -1.07. The monoisotopic (exact) mass is 323 g/mol. The van der Waals surface area contributed by atoms with Gasteiger partial charge in [-0.3, -0.25) is 0 Å². The Labute approximate surface area is 119 Å². The molecule has 0 saturated carbocycles. The third-order valence-corrected chi connectivity index (χ3v) is 4.34. The van der Waals surface area contributed by atoms with Crippen LogP contribution in [0.1, 0.15) is 12.6 Å². The first-order chi connectivity index (χ1) is 8.61. The Kier molecular flexibility index (Phi) is 4.24. The average Bonchev–Trinajstić information content (AvgIpc) is 2.37. The number of rotatable bonds is 3. The van der Waals surface area contributed by atoms with Crippen molar-refractivity contribution in [1.82, 2.24) is 9.97 Å². The van der Waals surface area contributed by atoms with Gasteiger partial charge in [0.2, 0.25) is 0 Å². The van der Waals surface area contributed by atoms with Crippen LogP contribution in [0.3, 0.4) is 0 Å². The van der Waals surface area contributed by atoms with Crippen LogP contribution in [-0.4, -0.2) is 15.7 Å². The molecule has 0 aliphatic heterocycles. The summed E-state index contributed by atoms with van der Waals surface area (Å²) in [7, 11) is 0. The maximum Gasteiger partial charge on any atom is 0.161 e. The number of hydrogen-bond donors (Lipinski definition) is 1. The van der Waals surface area contributed by atoms with Crippen LogP contribution in [0.5, 0.6) is 0 Å². The molecule has 3 nitrogen and oxygen atoms in total. The normalized spacial score (nSPS) is 10.6. The minimum atomic E-state index is 0.476. The second-order valence-corrected chi connectivity index (χ2v) is 5.92. The van der Waals surface area contributed by atoms with Gasteiger partial charge in [-0.05, 0) is 40.7 Å². The standard InChI is InChI=1S/C13H14BrN3S/c1-3-18-10-6-4-9(5-7-10)13-16-8(2)11(14)12(15)17-13/h4-7H,3H2,1-2H3,(H2,15,16,17). The topological polar surface area (TPSA) is 51.8 Å². The first kappa shape index (κ1) is 13.4. The minimum absolute atomic E-state index is 0.476. The fraction of sp³-hybridized carbons (Fsp3) is 0.231. The minimum Gasteiger partial charge on any atom is -0.383 e. The van der Waals surface area contributed by atoms with Crippen LogP contribution in [-0.2, 0) is 0 Å². The summed E-state index contributed by atoms with van der Waals surface area (Å²) >= 11 is 5.18. The molecule has 0 atom stereocenters. The van der Waals surface area contributed by atoms with E-state index in [1.165, 1.54) is 4.90 Å². The zero-order valence-electron chi connectivity index (χ0n) is 10.3. The summed E-state index contributed by atoms with van der Waals surface area (Å²) in [6.45, 7) is 4.05. The van der Waals surface area contributed by atoms with Crippen molar-refractivity contribution in [2.45, 2.75) is 18.7 Å². The largest absolute Gasteiger partial charge is 0.383 e. The van der Waals surface area contributed by atoms with E-state index in [0.717, 1.165) is 21.5 Å². The molecule has 0 saturated heterocycles. The van der Waals surface area contributed by atoms with Crippen molar-refractivity contribution < 1.29 is 0 Å². The predicted molar refractivity (Wildman–Crippen MR) is 80.7 cm³/mol. The highest BCUT2D eigenvalue weighted by Gasteiger charge is 2.08. The van der Waals surface area contributed by atoms with Crippen LogP contribution in [0, 0.1) is 6.92 Å². The molecular formula is C13H14BrN3S. The van der Waals surface area contributed by atoms with Gasteiger partial charge in [-0.1, -0.05) is 19.1 Å². The maximum absolute atomic E-state index is 5.83. The number of benzene rings is 1. The van der Waals surface area contributed by atoms with Crippen LogP contribution in [0.25, 0.3) is 11.4 Å². The van der Waals surface area contributed by atoms with E-state index in [2.05, 4.69) is 45.0 Å². The van der Waals surface area contributed by atoms with E-state index in [1.54, 1.807) is 0 Å². The van der Waals surface area contributed by atoms with Gasteiger partial charge in [-0.15, -0.1) is 11.8 Å². The third-order valence-electron chi connectivity index (χ3n) is 2.47. The molecule has 1 aromatic heterocycles. The van der Waals surface area contributed by atoms with Crippen LogP contribution >= 0.6 is 27.7 Å². The molecule has 1 heterocycles. The fourth-order valence-corrected chi connectivity index (χ4v) is 2.42. The van der Waals surface area contributed by atoms with E-state index in [4.69, 9.17) is 5.73 Å². The number of nitrogens with two attached hydrogens (primary N) is 1. The van der Waals surface area contributed by atoms with E-state index in [-0.39, 0.29) is 0 Å². The Balaban J connectivity index is 2.36. The molecule has 18 heavy (non-hydrogen) atoms. The lowest BCUT2D eigenvalue weighted by molar-refractivity contribution is 1.10. The summed E-state index contributed by atoms with van der Waals surface area (Å²) in [5.41, 5.74) is 7.67. The molecule has 2 N–H and O–H groups in total. The average molecular weight is 324 g/mol. The number of nitrogen functional groups attached to an aromatic ring is 1. The number of thioether (sulfide) groups is 1. The molecule has 2 rings (SSSR count). The van der Waals surface area contributed by atoms with Crippen LogP contribution in [0.4, 0.5) is 5.82 Å². The van der Waals surface area contributed by atoms with Crippen molar-refractivity contribution in [2.75, 3.05) is 11.5 Å². The predicted octanol–water partition coefficient (Wildman–Crippen LogP) is 3.91. The Morgan fingerprint density at radius 1 is 1.22 bits per heavy atom. The van der Waals surface area contributed by atoms with Gasteiger partial charge in [-0.25, -0.2) is 9.97 Å². The van der Waals surface area contributed by atoms with Crippen LogP contribution in [0.15, 0.2) is 33.6 Å². The molecule has 0 unspecified atom stereocenters. The summed E-state index contributed by atoms with van der Waals surface area (Å²) in [5, 5.41) is 0. The molecule has 5 heteroatoms. The molecule has 0 radical (unpaired) electrons. The van der Waals surface area contributed by atoms with Gasteiger partial charge in [0, 0.05) is 10.5 Å². The number of aryl methyl sites for hydroxylation is 1. The number of aromatic nitrogens is 2. The molecule has 0 bridgehead atoms. The molecule has 0 aliphatic rings. The van der Waals surface area contributed by atoms with Gasteiger partial charge in [-0.2, -0.15) is 0 Å². The summed E-state index contributed by atoms with van der Waals surface area (Å²) in [6, 6.07) is 8.22. The summed E-state index contributed by atoms with van der Waals surface area (Å²) in [6.07, 6.45) is 0. The van der Waals surface area contributed by atoms with Crippen molar-refractivity contribution in [2.24, 2.45) is 0 Å². The molecule has 0 spiro atoms. The van der Waals surface area contributed by atoms with Crippen molar-refractivity contribution >= 4 is 33.5 Å². The molecule has 2 aromatic rings. The Morgan fingerprint density at radius 2 is 1.89 bits per heavy atom. The van der Waals surface area contributed by atoms with Crippen molar-refractivity contribution in [3.63, 3.8) is 0 Å². The quantitative estimate of drug-likeness (QED) is 0.870. The van der Waals surface area contributed by atoms with Crippen LogP contribution < -0.4 is 5.73 Å². The SMILES string of the molecule is CCSc1ccc(-c2nc(C)c(Br)c(N)n2)cc1. The summed E-state index contributed by atoms with van der Waals surface area (Å²) in [5.74, 6) is 2.21. The fourth-order valence-electron chi connectivity index (χ4n) is 1.58. The van der Waals surface area contributed by atoms with Crippen molar-refractivity contribution in [3.8, 4) is 11.4 Å². The van der Waals surface area contributed by atoms with E-state index in [9.17, 15) is 0 Å². The van der Waals surface area contributed by atoms with E-state index >= 15 is 0 Å². The maximum atomic E-state index is 5.83. The lowest BCUT2D eigenvalue weighted by atomic mass is 10.2. The zero-order valence-corrected chi connectivity index (χ0v) is 12.7. The van der Waals surface area contributed by atoms with E-state index in [1.807, 2.05) is 30.8 Å². The summed E-state index contributed by atoms with van der Waals surface area (Å²) in [4.78, 5) is 9.98. The highest BCUT2D eigenvalue weighted by Crippen LogP contribution is 2.26. The lowest BCUT2D eigenvalue weighted by Gasteiger charge is -2.06. The first-order valence-corrected chi connectivity index (χ1v) is 7.42. The van der Waals surface area contributed by atoms with Crippen LogP contribution in [0.2, 0.25) is 0 Å². The van der Waals surface area contributed by atoms with Gasteiger partial charge >= 0.3 is 0 Å². The van der Waals surface area contributed by atoms with E-state index in [0.29, 0.717) is 11.6 Å². The van der Waals surface area contributed by atoms with Gasteiger partial charge < -0.3 is 5.73 Å². The molecule has 0 aliphatic carbocycles. The molecule has 1 aromatic carbocycles. The molecular weight excluding hydrogens is 310 g/mol. The van der Waals surface area contributed by atoms with Gasteiger partial charge in [0.15, 0.2) is 5.82 Å². The van der Waals surface area contributed by atoms with Crippen molar-refractivity contribution in [1.29, 1.82) is 0 Å². The zero-order chi connectivity index (χ0) is 13.1. The number of anilines is 1. The highest BCUT2D eigenvalue weighted by molar-refractivity contribution is 9.10. The van der Waals surface area contributed by atoms with E-state index < -0.39 is 0 Å². The second kappa shape index (κ2) is 5.71. The second-order valence-electron chi connectivity index (χ2n) is 3.79. The number of halogens is 1. The lowest BCUT2D eigenvalue weighted by Crippen LogP contribution is -1.99. The summed E-state index contributed by atoms with van der Waals surface area (Å²) < 4.78 is 0.768. The molecule has 0 fully saturated rings. The van der Waals surface area contributed by atoms with Gasteiger partial charge in [0.05, 0.1) is 10.2 Å².